The molecular weight excluding hydrogens is 420 g/mol. The average Bonchev–Trinajstić information content (AvgIpc) is 3.10. The Kier molecular flexibility index (Phi) is 7.44. The number of hydrazine groups is 1. The van der Waals surface area contributed by atoms with Crippen molar-refractivity contribution in [3.63, 3.8) is 0 Å². The monoisotopic (exact) mass is 442 g/mol. The largest absolute Gasteiger partial charge is 0.350 e. The summed E-state index contributed by atoms with van der Waals surface area (Å²) in [7, 11) is -3.51. The summed E-state index contributed by atoms with van der Waals surface area (Å²) in [4.78, 5) is 17.3. The van der Waals surface area contributed by atoms with Crippen molar-refractivity contribution in [2.45, 2.75) is 6.54 Å². The zero-order valence-electron chi connectivity index (χ0n) is 15.3. The Morgan fingerprint density at radius 2 is 1.79 bits per heavy atom. The molecule has 152 valence electrons. The lowest BCUT2D eigenvalue weighted by molar-refractivity contribution is 0.0960. The second kappa shape index (κ2) is 9.82. The summed E-state index contributed by atoms with van der Waals surface area (Å²) in [6.45, 7) is 3.71. The van der Waals surface area contributed by atoms with Crippen LogP contribution in [0.2, 0.25) is 4.34 Å². The zero-order chi connectivity index (χ0) is 20.0. The van der Waals surface area contributed by atoms with Gasteiger partial charge in [0.1, 0.15) is 0 Å². The summed E-state index contributed by atoms with van der Waals surface area (Å²) in [5.41, 5.74) is 1.25. The number of nitrogens with zero attached hydrogens (tertiary/aromatic N) is 2. The first-order valence-electron chi connectivity index (χ1n) is 8.96. The van der Waals surface area contributed by atoms with Crippen LogP contribution >= 0.6 is 22.9 Å². The first kappa shape index (κ1) is 21.2. The maximum atomic E-state index is 12.3. The first-order valence-corrected chi connectivity index (χ1v) is 11.8. The molecule has 1 aromatic carbocycles. The van der Waals surface area contributed by atoms with E-state index in [4.69, 9.17) is 11.6 Å². The number of hydrogen-bond donors (Lipinski definition) is 2. The van der Waals surface area contributed by atoms with Gasteiger partial charge in [0.2, 0.25) is 10.0 Å². The van der Waals surface area contributed by atoms with Gasteiger partial charge in [-0.05, 0) is 17.7 Å². The van der Waals surface area contributed by atoms with E-state index in [1.807, 2.05) is 18.2 Å². The summed E-state index contributed by atoms with van der Waals surface area (Å²) < 4.78 is 25.0. The van der Waals surface area contributed by atoms with Crippen LogP contribution in [0.4, 0.5) is 0 Å². The van der Waals surface area contributed by atoms with E-state index in [9.17, 15) is 13.2 Å². The molecule has 28 heavy (non-hydrogen) atoms. The minimum Gasteiger partial charge on any atom is -0.350 e. The molecule has 7 nitrogen and oxygen atoms in total. The molecule has 1 aliphatic heterocycles. The molecule has 2 N–H and O–H groups in total. The quantitative estimate of drug-likeness (QED) is 0.651. The van der Waals surface area contributed by atoms with Crippen LogP contribution in [-0.2, 0) is 16.6 Å². The first-order chi connectivity index (χ1) is 13.4. The third kappa shape index (κ3) is 6.54. The van der Waals surface area contributed by atoms with Gasteiger partial charge in [-0.2, -0.15) is 0 Å². The number of benzene rings is 1. The number of sulfonamides is 1. The normalized spacial score (nSPS) is 16.2. The average molecular weight is 443 g/mol. The topological polar surface area (TPSA) is 81.7 Å². The van der Waals surface area contributed by atoms with E-state index in [2.05, 4.69) is 27.2 Å². The van der Waals surface area contributed by atoms with Gasteiger partial charge in [0.15, 0.2) is 0 Å². The predicted octanol–water partition coefficient (Wildman–Crippen LogP) is 1.78. The molecular formula is C18H23ClN4O3S2. The predicted molar refractivity (Wildman–Crippen MR) is 112 cm³/mol. The van der Waals surface area contributed by atoms with Crippen molar-refractivity contribution in [2.24, 2.45) is 0 Å². The van der Waals surface area contributed by atoms with Crippen LogP contribution in [0, 0.1) is 0 Å². The standard InChI is InChI=1S/C18H23ClN4O3S2/c19-17-7-6-16(27-17)18(24)20-8-13-28(25,26)21-23-11-9-22(10-12-23)14-15-4-2-1-3-5-15/h1-7,21H,8-14H2,(H,20,24). The second-order valence-electron chi connectivity index (χ2n) is 6.52. The fourth-order valence-electron chi connectivity index (χ4n) is 2.90. The van der Waals surface area contributed by atoms with E-state index in [0.29, 0.717) is 22.3 Å². The number of rotatable bonds is 8. The molecule has 1 amide bonds. The number of piperazine rings is 1. The fraction of sp³-hybridized carbons (Fsp3) is 0.389. The number of hydrogen-bond acceptors (Lipinski definition) is 6. The second-order valence-corrected chi connectivity index (χ2v) is 10.1. The molecule has 0 saturated carbocycles. The Bertz CT molecular complexity index is 881. The molecule has 1 aliphatic rings. The highest BCUT2D eigenvalue weighted by molar-refractivity contribution is 7.89. The minimum absolute atomic E-state index is 0.0393. The minimum atomic E-state index is -3.51. The van der Waals surface area contributed by atoms with Gasteiger partial charge in [0, 0.05) is 39.3 Å². The Balaban J connectivity index is 1.38. The maximum absolute atomic E-state index is 12.3. The van der Waals surface area contributed by atoms with Crippen LogP contribution in [-0.4, -0.2) is 62.7 Å². The van der Waals surface area contributed by atoms with E-state index in [1.165, 1.54) is 5.56 Å². The highest BCUT2D eigenvalue weighted by Crippen LogP contribution is 2.21. The Morgan fingerprint density at radius 3 is 2.43 bits per heavy atom. The van der Waals surface area contributed by atoms with Gasteiger partial charge in [-0.1, -0.05) is 41.9 Å². The summed E-state index contributed by atoms with van der Waals surface area (Å²) in [5, 5.41) is 4.33. The van der Waals surface area contributed by atoms with Crippen LogP contribution in [0.3, 0.4) is 0 Å². The molecule has 1 aromatic heterocycles. The van der Waals surface area contributed by atoms with Gasteiger partial charge in [-0.25, -0.2) is 13.4 Å². The molecule has 2 heterocycles. The molecule has 10 heteroatoms. The number of carbonyl (C=O) groups is 1. The smallest absolute Gasteiger partial charge is 0.261 e. The Hall–Kier alpha value is -1.49. The van der Waals surface area contributed by atoms with Gasteiger partial charge in [0.05, 0.1) is 15.0 Å². The zero-order valence-corrected chi connectivity index (χ0v) is 17.7. The highest BCUT2D eigenvalue weighted by atomic mass is 35.5. The summed E-state index contributed by atoms with van der Waals surface area (Å²) >= 11 is 6.96. The van der Waals surface area contributed by atoms with E-state index in [1.54, 1.807) is 17.1 Å². The molecule has 1 fully saturated rings. The summed E-state index contributed by atoms with van der Waals surface area (Å²) in [5.74, 6) is -0.496. The Morgan fingerprint density at radius 1 is 1.07 bits per heavy atom. The van der Waals surface area contributed by atoms with E-state index < -0.39 is 10.0 Å². The van der Waals surface area contributed by atoms with Crippen molar-refractivity contribution in [1.29, 1.82) is 0 Å². The molecule has 0 spiro atoms. The molecule has 1 saturated heterocycles. The van der Waals surface area contributed by atoms with Crippen molar-refractivity contribution in [2.75, 3.05) is 38.5 Å². The number of halogens is 1. The molecule has 0 atom stereocenters. The maximum Gasteiger partial charge on any atom is 0.261 e. The molecule has 3 rings (SSSR count). The van der Waals surface area contributed by atoms with Crippen LogP contribution in [0.15, 0.2) is 42.5 Å². The molecule has 0 bridgehead atoms. The van der Waals surface area contributed by atoms with Crippen LogP contribution < -0.4 is 10.1 Å². The van der Waals surface area contributed by atoms with E-state index in [-0.39, 0.29) is 18.2 Å². The van der Waals surface area contributed by atoms with Crippen molar-refractivity contribution in [1.82, 2.24) is 20.1 Å². The lowest BCUT2D eigenvalue weighted by Crippen LogP contribution is -2.54. The molecule has 0 unspecified atom stereocenters. The number of amides is 1. The molecule has 0 radical (unpaired) electrons. The van der Waals surface area contributed by atoms with Gasteiger partial charge < -0.3 is 5.32 Å². The lowest BCUT2D eigenvalue weighted by atomic mass is 10.2. The number of nitrogens with one attached hydrogen (secondary N) is 2. The van der Waals surface area contributed by atoms with Gasteiger partial charge >= 0.3 is 0 Å². The SMILES string of the molecule is O=C(NCCS(=O)(=O)NN1CCN(Cc2ccccc2)CC1)c1ccc(Cl)s1. The van der Waals surface area contributed by atoms with Crippen molar-refractivity contribution in [3.8, 4) is 0 Å². The van der Waals surface area contributed by atoms with Crippen LogP contribution in [0.1, 0.15) is 15.2 Å². The number of carbonyl (C=O) groups excluding carboxylic acids is 1. The summed E-state index contributed by atoms with van der Waals surface area (Å²) in [6.07, 6.45) is 0. The fourth-order valence-corrected chi connectivity index (χ4v) is 4.90. The number of thiophene rings is 1. The summed E-state index contributed by atoms with van der Waals surface area (Å²) in [6, 6.07) is 13.5. The molecule has 0 aliphatic carbocycles. The van der Waals surface area contributed by atoms with Gasteiger partial charge in [-0.3, -0.25) is 9.69 Å². The van der Waals surface area contributed by atoms with E-state index in [0.717, 1.165) is 31.0 Å². The Labute approximate surface area is 174 Å². The van der Waals surface area contributed by atoms with Crippen molar-refractivity contribution in [3.05, 3.63) is 57.2 Å². The van der Waals surface area contributed by atoms with Gasteiger partial charge in [-0.15, -0.1) is 16.2 Å². The van der Waals surface area contributed by atoms with Gasteiger partial charge in [0.25, 0.3) is 5.91 Å². The third-order valence-electron chi connectivity index (χ3n) is 4.34. The highest BCUT2D eigenvalue weighted by Gasteiger charge is 2.21. The third-order valence-corrected chi connectivity index (χ3v) is 6.85. The lowest BCUT2D eigenvalue weighted by Gasteiger charge is -2.34. The van der Waals surface area contributed by atoms with Crippen LogP contribution in [0.5, 0.6) is 0 Å². The van der Waals surface area contributed by atoms with E-state index >= 15 is 0 Å². The van der Waals surface area contributed by atoms with Crippen LogP contribution in [0.25, 0.3) is 0 Å². The molecule has 2 aromatic rings. The van der Waals surface area contributed by atoms with Crippen molar-refractivity contribution < 1.29 is 13.2 Å². The van der Waals surface area contributed by atoms with Crippen molar-refractivity contribution >= 4 is 38.9 Å².